The molecule has 1 heterocycles. The van der Waals surface area contributed by atoms with Crippen molar-refractivity contribution >= 4 is 18.6 Å². The number of aromatic amines is 1. The zero-order valence-electron chi connectivity index (χ0n) is 15.2. The van der Waals surface area contributed by atoms with Gasteiger partial charge in [-0.05, 0) is 42.8 Å². The summed E-state index contributed by atoms with van der Waals surface area (Å²) >= 11 is 0. The molecular weight excluding hydrogens is 344 g/mol. The summed E-state index contributed by atoms with van der Waals surface area (Å²) in [6.45, 7) is 7.52. The van der Waals surface area contributed by atoms with Gasteiger partial charge in [-0.1, -0.05) is 30.8 Å². The van der Waals surface area contributed by atoms with Gasteiger partial charge in [0.05, 0.1) is 22.9 Å². The maximum atomic E-state index is 12.8. The number of para-hydroxylation sites is 1. The number of hydrogen-bond acceptors (Lipinski definition) is 4. The largest absolute Gasteiger partial charge is 0.490 e. The lowest BCUT2D eigenvalue weighted by Gasteiger charge is -2.10. The third-order valence-corrected chi connectivity index (χ3v) is 3.85. The molecule has 0 aliphatic rings. The van der Waals surface area contributed by atoms with Crippen LogP contribution in [0.2, 0.25) is 0 Å². The van der Waals surface area contributed by atoms with Gasteiger partial charge in [0, 0.05) is 6.92 Å². The number of esters is 1. The number of carbonyl (C=O) groups is 1. The van der Waals surface area contributed by atoms with Crippen molar-refractivity contribution in [2.24, 2.45) is 0 Å². The van der Waals surface area contributed by atoms with Crippen LogP contribution in [0, 0.1) is 0 Å². The molecule has 0 spiro atoms. The van der Waals surface area contributed by atoms with E-state index in [1.165, 1.54) is 11.6 Å². The average molecular weight is 364 g/mol. The first kappa shape index (κ1) is 18.3. The molecule has 0 radical (unpaired) electrons. The van der Waals surface area contributed by atoms with Crippen LogP contribution >= 0.6 is 0 Å². The molecule has 3 rings (SSSR count). The van der Waals surface area contributed by atoms with Gasteiger partial charge in [0.2, 0.25) is 0 Å². The Morgan fingerprint density at radius 1 is 1.19 bits per heavy atom. The van der Waals surface area contributed by atoms with Crippen LogP contribution in [0.25, 0.3) is 18.3 Å². The zero-order valence-corrected chi connectivity index (χ0v) is 15.2. The quantitative estimate of drug-likeness (QED) is 0.553. The Morgan fingerprint density at radius 2 is 1.93 bits per heavy atom. The van der Waals surface area contributed by atoms with Crippen molar-refractivity contribution < 1.29 is 14.3 Å². The topological polar surface area (TPSA) is 73.3 Å². The highest BCUT2D eigenvalue weighted by Gasteiger charge is 2.09. The lowest BCUT2D eigenvalue weighted by atomic mass is 10.1. The van der Waals surface area contributed by atoms with E-state index in [1.54, 1.807) is 24.3 Å². The van der Waals surface area contributed by atoms with Gasteiger partial charge in [0.1, 0.15) is 0 Å². The number of H-pyrrole nitrogens is 1. The Bertz CT molecular complexity index is 1130. The Labute approximate surface area is 156 Å². The van der Waals surface area contributed by atoms with Gasteiger partial charge in [-0.25, -0.2) is 4.68 Å². The molecule has 0 saturated carbocycles. The van der Waals surface area contributed by atoms with Crippen molar-refractivity contribution in [1.29, 1.82) is 0 Å². The van der Waals surface area contributed by atoms with Gasteiger partial charge >= 0.3 is 5.97 Å². The summed E-state index contributed by atoms with van der Waals surface area (Å²) in [5.41, 5.74) is 1.26. The Hall–Kier alpha value is -3.54. The van der Waals surface area contributed by atoms with E-state index in [2.05, 4.69) is 11.7 Å². The van der Waals surface area contributed by atoms with Crippen molar-refractivity contribution in [2.45, 2.75) is 13.8 Å². The molecule has 0 atom stereocenters. The summed E-state index contributed by atoms with van der Waals surface area (Å²) in [4.78, 5) is 24.0. The van der Waals surface area contributed by atoms with Crippen LogP contribution in [0.15, 0.2) is 53.3 Å². The minimum Gasteiger partial charge on any atom is -0.490 e. The Balaban J connectivity index is 2.08. The van der Waals surface area contributed by atoms with E-state index in [0.717, 1.165) is 11.3 Å². The van der Waals surface area contributed by atoms with E-state index in [1.807, 2.05) is 37.3 Å². The lowest BCUT2D eigenvalue weighted by Crippen LogP contribution is -2.33. The number of nitrogens with zero attached hydrogens (tertiary/aromatic N) is 1. The molecule has 0 bridgehead atoms. The zero-order chi connectivity index (χ0) is 19.4. The molecule has 0 amide bonds. The second kappa shape index (κ2) is 7.78. The second-order valence-corrected chi connectivity index (χ2v) is 5.86. The molecule has 1 aromatic heterocycles. The number of aromatic nitrogens is 2. The molecule has 6 heteroatoms. The van der Waals surface area contributed by atoms with E-state index >= 15 is 0 Å². The van der Waals surface area contributed by atoms with Crippen LogP contribution in [0.4, 0.5) is 0 Å². The Kier molecular flexibility index (Phi) is 5.26. The Morgan fingerprint density at radius 3 is 2.59 bits per heavy atom. The molecule has 138 valence electrons. The van der Waals surface area contributed by atoms with Gasteiger partial charge in [-0.2, -0.15) is 0 Å². The first-order valence-corrected chi connectivity index (χ1v) is 8.52. The molecule has 27 heavy (non-hydrogen) atoms. The van der Waals surface area contributed by atoms with Crippen LogP contribution in [-0.4, -0.2) is 22.4 Å². The third kappa shape index (κ3) is 4.00. The predicted molar refractivity (Wildman–Crippen MR) is 104 cm³/mol. The summed E-state index contributed by atoms with van der Waals surface area (Å²) in [6.07, 6.45) is 1.72. The molecule has 0 aliphatic heterocycles. The van der Waals surface area contributed by atoms with Crippen molar-refractivity contribution in [2.75, 3.05) is 6.61 Å². The average Bonchev–Trinajstić information content (AvgIpc) is 2.92. The van der Waals surface area contributed by atoms with Crippen LogP contribution in [0.1, 0.15) is 19.4 Å². The number of nitrogens with one attached hydrogen (secondary N) is 1. The first-order chi connectivity index (χ1) is 13.0. The van der Waals surface area contributed by atoms with Crippen molar-refractivity contribution in [3.63, 3.8) is 0 Å². The van der Waals surface area contributed by atoms with Crippen LogP contribution in [0.3, 0.4) is 0 Å². The highest BCUT2D eigenvalue weighted by Crippen LogP contribution is 2.28. The fourth-order valence-corrected chi connectivity index (χ4v) is 2.69. The van der Waals surface area contributed by atoms with E-state index < -0.39 is 5.97 Å². The van der Waals surface area contributed by atoms with Crippen molar-refractivity contribution in [3.8, 4) is 17.2 Å². The minimum atomic E-state index is -0.427. The number of carbonyl (C=O) groups excluding carboxylic acids is 1. The second-order valence-electron chi connectivity index (χ2n) is 5.86. The van der Waals surface area contributed by atoms with Gasteiger partial charge in [-0.15, -0.1) is 0 Å². The van der Waals surface area contributed by atoms with Crippen molar-refractivity contribution in [1.82, 2.24) is 9.78 Å². The molecule has 2 aromatic carbocycles. The van der Waals surface area contributed by atoms with Crippen LogP contribution < -0.4 is 25.6 Å². The summed E-state index contributed by atoms with van der Waals surface area (Å²) in [7, 11) is 0. The highest BCUT2D eigenvalue weighted by molar-refractivity contribution is 5.71. The van der Waals surface area contributed by atoms with E-state index in [9.17, 15) is 9.59 Å². The summed E-state index contributed by atoms with van der Waals surface area (Å²) in [5.74, 6) is 0.349. The molecule has 0 unspecified atom stereocenters. The molecule has 0 saturated heterocycles. The number of hydrogen-bond donors (Lipinski definition) is 1. The predicted octanol–water partition coefficient (Wildman–Crippen LogP) is 1.73. The number of rotatable bonds is 5. The van der Waals surface area contributed by atoms with Crippen molar-refractivity contribution in [3.05, 3.63) is 75.0 Å². The SMILES string of the molecule is C=c1[nH]n(-c2ccccc2)c(=O)/c1=C/c1ccc(OC(C)=O)c(OCC)c1. The molecule has 0 fully saturated rings. The van der Waals surface area contributed by atoms with Gasteiger partial charge < -0.3 is 9.47 Å². The maximum Gasteiger partial charge on any atom is 0.308 e. The lowest BCUT2D eigenvalue weighted by molar-refractivity contribution is -0.132. The third-order valence-electron chi connectivity index (χ3n) is 3.85. The summed E-state index contributed by atoms with van der Waals surface area (Å²) in [5, 5.41) is 3.94. The van der Waals surface area contributed by atoms with Crippen LogP contribution in [-0.2, 0) is 4.79 Å². The maximum absolute atomic E-state index is 12.8. The monoisotopic (exact) mass is 364 g/mol. The standard InChI is InChI=1S/C21H20N2O4/c1-4-26-20-13-16(10-11-19(20)27-15(3)24)12-18-14(2)22-23(21(18)25)17-8-6-5-7-9-17/h5-13,22H,2,4H2,1,3H3/b18-12+. The van der Waals surface area contributed by atoms with Crippen LogP contribution in [0.5, 0.6) is 11.5 Å². The van der Waals surface area contributed by atoms with E-state index in [0.29, 0.717) is 28.7 Å². The molecule has 1 N–H and O–H groups in total. The van der Waals surface area contributed by atoms with E-state index in [-0.39, 0.29) is 5.56 Å². The molecule has 3 aromatic rings. The van der Waals surface area contributed by atoms with Gasteiger partial charge in [0.15, 0.2) is 11.5 Å². The number of ether oxygens (including phenoxy) is 2. The van der Waals surface area contributed by atoms with E-state index in [4.69, 9.17) is 9.47 Å². The fraction of sp³-hybridized carbons (Fsp3) is 0.143. The molecular formula is C21H20N2O4. The normalized spacial score (nSPS) is 11.4. The summed E-state index contributed by atoms with van der Waals surface area (Å²) in [6, 6.07) is 14.4. The minimum absolute atomic E-state index is 0.201. The highest BCUT2D eigenvalue weighted by atomic mass is 16.6. The fourth-order valence-electron chi connectivity index (χ4n) is 2.69. The first-order valence-electron chi connectivity index (χ1n) is 8.52. The summed E-state index contributed by atoms with van der Waals surface area (Å²) < 4.78 is 12.1. The molecule has 6 nitrogen and oxygen atoms in total. The van der Waals surface area contributed by atoms with Gasteiger partial charge in [0.25, 0.3) is 5.56 Å². The molecule has 0 aliphatic carbocycles. The number of benzene rings is 2. The van der Waals surface area contributed by atoms with Gasteiger partial charge in [-0.3, -0.25) is 14.7 Å². The smallest absolute Gasteiger partial charge is 0.308 e.